The fraction of sp³-hybridized carbons (Fsp3) is 0.579. The number of benzene rings is 1. The lowest BCUT2D eigenvalue weighted by Gasteiger charge is -2.28. The van der Waals surface area contributed by atoms with E-state index in [-0.39, 0.29) is 23.3 Å². The Kier molecular flexibility index (Phi) is 4.09. The Balaban J connectivity index is 1.51. The van der Waals surface area contributed by atoms with Gasteiger partial charge in [0.1, 0.15) is 0 Å². The van der Waals surface area contributed by atoms with Crippen LogP contribution in [0.5, 0.6) is 0 Å². The van der Waals surface area contributed by atoms with Gasteiger partial charge in [-0.15, -0.1) is 11.3 Å². The summed E-state index contributed by atoms with van der Waals surface area (Å²) in [4.78, 5) is 17.7. The van der Waals surface area contributed by atoms with Crippen LogP contribution in [-0.2, 0) is 11.2 Å². The maximum Gasteiger partial charge on any atom is 0.226 e. The summed E-state index contributed by atoms with van der Waals surface area (Å²) in [6, 6.07) is 8.17. The topological polar surface area (TPSA) is 62.2 Å². The van der Waals surface area contributed by atoms with Crippen LogP contribution >= 0.6 is 11.3 Å². The Morgan fingerprint density at radius 1 is 1.21 bits per heavy atom. The number of aromatic nitrogens is 1. The van der Waals surface area contributed by atoms with E-state index in [2.05, 4.69) is 11.4 Å². The van der Waals surface area contributed by atoms with Crippen molar-refractivity contribution in [3.8, 4) is 0 Å². The summed E-state index contributed by atoms with van der Waals surface area (Å²) in [5.74, 6) is 0.166. The predicted molar refractivity (Wildman–Crippen MR) is 96.0 cm³/mol. The van der Waals surface area contributed by atoms with Gasteiger partial charge in [-0.3, -0.25) is 4.79 Å². The molecule has 2 aromatic rings. The first-order valence-corrected chi connectivity index (χ1v) is 9.70. The third-order valence-electron chi connectivity index (χ3n) is 5.79. The Morgan fingerprint density at radius 2 is 1.96 bits per heavy atom. The predicted octanol–water partition coefficient (Wildman–Crippen LogP) is 3.29. The molecule has 2 aliphatic rings. The van der Waals surface area contributed by atoms with Crippen LogP contribution in [0, 0.1) is 10.8 Å². The largest absolute Gasteiger partial charge is 0.396 e. The van der Waals surface area contributed by atoms with Crippen molar-refractivity contribution >= 4 is 27.5 Å². The summed E-state index contributed by atoms with van der Waals surface area (Å²) in [5.41, 5.74) is 0.688. The van der Waals surface area contributed by atoms with Crippen LogP contribution in [0.15, 0.2) is 24.3 Å². The lowest BCUT2D eigenvalue weighted by Crippen LogP contribution is -2.43. The van der Waals surface area contributed by atoms with Gasteiger partial charge in [-0.25, -0.2) is 4.98 Å². The fourth-order valence-electron chi connectivity index (χ4n) is 3.84. The van der Waals surface area contributed by atoms with Crippen LogP contribution in [-0.4, -0.2) is 29.1 Å². The van der Waals surface area contributed by atoms with Crippen LogP contribution < -0.4 is 5.32 Å². The van der Waals surface area contributed by atoms with Gasteiger partial charge in [-0.2, -0.15) is 0 Å². The molecule has 2 aliphatic carbocycles. The molecule has 0 atom stereocenters. The first-order valence-electron chi connectivity index (χ1n) is 8.89. The molecule has 24 heavy (non-hydrogen) atoms. The van der Waals surface area contributed by atoms with Gasteiger partial charge >= 0.3 is 0 Å². The third-order valence-corrected chi connectivity index (χ3v) is 6.82. The van der Waals surface area contributed by atoms with E-state index < -0.39 is 0 Å². The summed E-state index contributed by atoms with van der Waals surface area (Å²) in [6.45, 7) is 0.794. The van der Waals surface area contributed by atoms with Crippen molar-refractivity contribution in [1.29, 1.82) is 0 Å². The number of carbonyl (C=O) groups excluding carboxylic acids is 1. The highest BCUT2D eigenvalue weighted by molar-refractivity contribution is 7.18. The average Bonchev–Trinajstić information content (AvgIpc) is 3.03. The minimum absolute atomic E-state index is 0.0364. The fourth-order valence-corrected chi connectivity index (χ4v) is 4.95. The number of nitrogens with zero attached hydrogens (tertiary/aromatic N) is 1. The van der Waals surface area contributed by atoms with Gasteiger partial charge in [-0.1, -0.05) is 25.0 Å². The Hall–Kier alpha value is -1.46. The van der Waals surface area contributed by atoms with Crippen molar-refractivity contribution in [1.82, 2.24) is 10.3 Å². The second-order valence-corrected chi connectivity index (χ2v) is 8.70. The van der Waals surface area contributed by atoms with Gasteiger partial charge in [0, 0.05) is 18.4 Å². The standard InChI is InChI=1S/C19H24N2O2S/c22-13-18(9-10-18)12-20-17(23)19(7-3-4-8-19)11-16-21-14-5-1-2-6-15(14)24-16/h1-2,5-6,22H,3-4,7-13H2,(H,20,23). The minimum atomic E-state index is -0.306. The summed E-state index contributed by atoms with van der Waals surface area (Å²) < 4.78 is 1.19. The number of amides is 1. The van der Waals surface area contributed by atoms with Crippen molar-refractivity contribution in [2.75, 3.05) is 13.2 Å². The molecule has 5 heteroatoms. The molecule has 128 valence electrons. The molecule has 2 N–H and O–H groups in total. The molecule has 2 fully saturated rings. The average molecular weight is 344 g/mol. The van der Waals surface area contributed by atoms with E-state index in [1.807, 2.05) is 18.2 Å². The molecule has 4 rings (SSSR count). The lowest BCUT2D eigenvalue weighted by molar-refractivity contribution is -0.131. The molecule has 1 aromatic heterocycles. The molecule has 1 aromatic carbocycles. The molecule has 4 nitrogen and oxygen atoms in total. The number of aliphatic hydroxyl groups excluding tert-OH is 1. The van der Waals surface area contributed by atoms with Crippen molar-refractivity contribution in [2.45, 2.75) is 44.9 Å². The second-order valence-electron chi connectivity index (χ2n) is 7.58. The molecule has 2 saturated carbocycles. The first-order chi connectivity index (χ1) is 11.6. The second kappa shape index (κ2) is 6.12. The number of hydrogen-bond acceptors (Lipinski definition) is 4. The summed E-state index contributed by atoms with van der Waals surface area (Å²) >= 11 is 1.71. The molecular formula is C19H24N2O2S. The van der Waals surface area contributed by atoms with E-state index in [0.29, 0.717) is 6.54 Å². The number of aliphatic hydroxyl groups is 1. The van der Waals surface area contributed by atoms with E-state index in [4.69, 9.17) is 4.98 Å². The summed E-state index contributed by atoms with van der Waals surface area (Å²) in [7, 11) is 0. The molecule has 0 spiro atoms. The zero-order chi connectivity index (χ0) is 16.6. The van der Waals surface area contributed by atoms with Gasteiger partial charge in [0.25, 0.3) is 0 Å². The molecule has 0 aliphatic heterocycles. The molecule has 1 amide bonds. The van der Waals surface area contributed by atoms with Crippen LogP contribution in [0.1, 0.15) is 43.5 Å². The maximum atomic E-state index is 13.0. The van der Waals surface area contributed by atoms with Crippen molar-refractivity contribution in [3.63, 3.8) is 0 Å². The molecule has 0 unspecified atom stereocenters. The summed E-state index contributed by atoms with van der Waals surface area (Å²) in [6.07, 6.45) is 6.91. The minimum Gasteiger partial charge on any atom is -0.396 e. The number of para-hydroxylation sites is 1. The van der Waals surface area contributed by atoms with Crippen molar-refractivity contribution in [2.24, 2.45) is 10.8 Å². The normalized spacial score (nSPS) is 21.0. The molecule has 0 saturated heterocycles. The van der Waals surface area contributed by atoms with Crippen molar-refractivity contribution < 1.29 is 9.90 Å². The molecule has 0 radical (unpaired) electrons. The molecule has 1 heterocycles. The van der Waals surface area contributed by atoms with E-state index in [1.54, 1.807) is 11.3 Å². The number of nitrogens with one attached hydrogen (secondary N) is 1. The SMILES string of the molecule is O=C(NCC1(CO)CC1)C1(Cc2nc3ccccc3s2)CCCC1. The van der Waals surface area contributed by atoms with Gasteiger partial charge in [0.2, 0.25) is 5.91 Å². The zero-order valence-corrected chi connectivity index (χ0v) is 14.7. The number of fused-ring (bicyclic) bond motifs is 1. The van der Waals surface area contributed by atoms with Gasteiger partial charge in [0.05, 0.1) is 27.2 Å². The summed E-state index contributed by atoms with van der Waals surface area (Å²) in [5, 5.41) is 13.7. The van der Waals surface area contributed by atoms with Crippen LogP contribution in [0.25, 0.3) is 10.2 Å². The van der Waals surface area contributed by atoms with Gasteiger partial charge in [-0.05, 0) is 37.8 Å². The van der Waals surface area contributed by atoms with Crippen LogP contribution in [0.2, 0.25) is 0 Å². The Bertz CT molecular complexity index is 712. The monoisotopic (exact) mass is 344 g/mol. The third kappa shape index (κ3) is 2.95. The molecular weight excluding hydrogens is 320 g/mol. The van der Waals surface area contributed by atoms with E-state index in [9.17, 15) is 9.90 Å². The van der Waals surface area contributed by atoms with Gasteiger partial charge in [0.15, 0.2) is 0 Å². The highest BCUT2D eigenvalue weighted by atomic mass is 32.1. The number of thiazole rings is 1. The maximum absolute atomic E-state index is 13.0. The highest BCUT2D eigenvalue weighted by Gasteiger charge is 2.46. The lowest BCUT2D eigenvalue weighted by atomic mass is 9.81. The van der Waals surface area contributed by atoms with Crippen LogP contribution in [0.4, 0.5) is 0 Å². The number of rotatable bonds is 6. The smallest absolute Gasteiger partial charge is 0.226 e. The highest BCUT2D eigenvalue weighted by Crippen LogP contribution is 2.46. The quantitative estimate of drug-likeness (QED) is 0.845. The Labute approximate surface area is 146 Å². The molecule has 0 bridgehead atoms. The number of carbonyl (C=O) groups is 1. The number of hydrogen-bond donors (Lipinski definition) is 2. The van der Waals surface area contributed by atoms with E-state index in [1.165, 1.54) is 4.70 Å². The first kappa shape index (κ1) is 16.0. The van der Waals surface area contributed by atoms with Crippen LogP contribution in [0.3, 0.4) is 0 Å². The van der Waals surface area contributed by atoms with Gasteiger partial charge < -0.3 is 10.4 Å². The van der Waals surface area contributed by atoms with E-state index in [0.717, 1.165) is 55.5 Å². The Morgan fingerprint density at radius 3 is 2.62 bits per heavy atom. The zero-order valence-electron chi connectivity index (χ0n) is 13.9. The van der Waals surface area contributed by atoms with Crippen molar-refractivity contribution in [3.05, 3.63) is 29.3 Å². The van der Waals surface area contributed by atoms with E-state index >= 15 is 0 Å².